The molecule has 2 unspecified atom stereocenters. The van der Waals surface area contributed by atoms with Crippen LogP contribution >= 0.6 is 0 Å². The predicted molar refractivity (Wildman–Crippen MR) is 46.1 cm³/mol. The van der Waals surface area contributed by atoms with Crippen molar-refractivity contribution in [3.63, 3.8) is 0 Å². The quantitative estimate of drug-likeness (QED) is 0.477. The largest absolute Gasteiger partial charge is 0.391 e. The summed E-state index contributed by atoms with van der Waals surface area (Å²) in [5.41, 5.74) is 0. The van der Waals surface area contributed by atoms with Gasteiger partial charge in [0.2, 0.25) is 0 Å². The number of ether oxygens (including phenoxy) is 2. The van der Waals surface area contributed by atoms with Crippen LogP contribution in [0.3, 0.4) is 0 Å². The summed E-state index contributed by atoms with van der Waals surface area (Å²) in [6.45, 7) is 3.57. The Balaban J connectivity index is 4.18. The van der Waals surface area contributed by atoms with Crippen LogP contribution in [0.4, 0.5) is 0 Å². The van der Waals surface area contributed by atoms with Crippen LogP contribution in [0.2, 0.25) is 0 Å². The van der Waals surface area contributed by atoms with E-state index in [0.717, 1.165) is 0 Å². The Labute approximate surface area is 77.9 Å². The van der Waals surface area contributed by atoms with Gasteiger partial charge < -0.3 is 24.8 Å². The van der Waals surface area contributed by atoms with Crippen molar-refractivity contribution in [2.24, 2.45) is 0 Å². The summed E-state index contributed by atoms with van der Waals surface area (Å²) >= 11 is 0. The fourth-order valence-corrected chi connectivity index (χ4v) is 1.02. The van der Waals surface area contributed by atoms with Gasteiger partial charge in [-0.25, -0.2) is 0 Å². The van der Waals surface area contributed by atoms with Gasteiger partial charge in [0.15, 0.2) is 6.29 Å². The molecule has 0 amide bonds. The molecule has 0 bridgehead atoms. The second-order valence-electron chi connectivity index (χ2n) is 2.78. The SMILES string of the molecule is CCOC(C(O)[C@H](O)OC)[C@@H](C)O. The van der Waals surface area contributed by atoms with E-state index in [9.17, 15) is 10.2 Å². The monoisotopic (exact) mass is 194 g/mol. The molecule has 4 atom stereocenters. The first-order valence-electron chi connectivity index (χ1n) is 4.23. The number of hydrogen-bond acceptors (Lipinski definition) is 5. The molecule has 0 aliphatic heterocycles. The van der Waals surface area contributed by atoms with Gasteiger partial charge in [-0.2, -0.15) is 0 Å². The maximum atomic E-state index is 9.42. The molecule has 80 valence electrons. The Kier molecular flexibility index (Phi) is 6.19. The van der Waals surface area contributed by atoms with E-state index in [0.29, 0.717) is 6.61 Å². The molecule has 0 fully saturated rings. The minimum Gasteiger partial charge on any atom is -0.391 e. The maximum absolute atomic E-state index is 9.42. The molecule has 0 radical (unpaired) electrons. The first kappa shape index (κ1) is 12.8. The highest BCUT2D eigenvalue weighted by Crippen LogP contribution is 2.09. The van der Waals surface area contributed by atoms with Crippen molar-refractivity contribution in [1.29, 1.82) is 0 Å². The van der Waals surface area contributed by atoms with Crippen LogP contribution < -0.4 is 0 Å². The minimum absolute atomic E-state index is 0.350. The second kappa shape index (κ2) is 6.28. The topological polar surface area (TPSA) is 79.2 Å². The first-order chi connectivity index (χ1) is 6.04. The third-order valence-corrected chi connectivity index (χ3v) is 1.70. The molecule has 0 aliphatic rings. The number of hydrogen-bond donors (Lipinski definition) is 3. The highest BCUT2D eigenvalue weighted by atomic mass is 16.6. The summed E-state index contributed by atoms with van der Waals surface area (Å²) in [5.74, 6) is 0. The van der Waals surface area contributed by atoms with Crippen LogP contribution in [-0.4, -0.2) is 53.6 Å². The van der Waals surface area contributed by atoms with Crippen LogP contribution in [0.5, 0.6) is 0 Å². The summed E-state index contributed by atoms with van der Waals surface area (Å²) in [7, 11) is 1.26. The normalized spacial score (nSPS) is 20.8. The summed E-state index contributed by atoms with van der Waals surface area (Å²) < 4.78 is 9.55. The molecule has 0 aromatic carbocycles. The molecule has 0 rings (SSSR count). The third kappa shape index (κ3) is 4.02. The molecule has 0 saturated heterocycles. The number of aliphatic hydroxyl groups is 3. The van der Waals surface area contributed by atoms with Crippen LogP contribution in [0.15, 0.2) is 0 Å². The average Bonchev–Trinajstić information content (AvgIpc) is 2.11. The first-order valence-corrected chi connectivity index (χ1v) is 4.23. The molecule has 13 heavy (non-hydrogen) atoms. The molecular formula is C8H18O5. The van der Waals surface area contributed by atoms with Crippen molar-refractivity contribution in [3.05, 3.63) is 0 Å². The van der Waals surface area contributed by atoms with Gasteiger partial charge >= 0.3 is 0 Å². The number of rotatable bonds is 6. The molecule has 5 heteroatoms. The van der Waals surface area contributed by atoms with Gasteiger partial charge in [-0.1, -0.05) is 0 Å². The van der Waals surface area contributed by atoms with Gasteiger partial charge in [-0.3, -0.25) is 0 Å². The molecule has 5 nitrogen and oxygen atoms in total. The Morgan fingerprint density at radius 1 is 1.23 bits per heavy atom. The third-order valence-electron chi connectivity index (χ3n) is 1.70. The van der Waals surface area contributed by atoms with Gasteiger partial charge in [0.05, 0.1) is 6.10 Å². The van der Waals surface area contributed by atoms with Crippen molar-refractivity contribution in [3.8, 4) is 0 Å². The van der Waals surface area contributed by atoms with E-state index < -0.39 is 24.6 Å². The van der Waals surface area contributed by atoms with Crippen molar-refractivity contribution < 1.29 is 24.8 Å². The fourth-order valence-electron chi connectivity index (χ4n) is 1.02. The van der Waals surface area contributed by atoms with Crippen molar-refractivity contribution in [1.82, 2.24) is 0 Å². The Morgan fingerprint density at radius 3 is 2.08 bits per heavy atom. The van der Waals surface area contributed by atoms with Crippen LogP contribution in [0, 0.1) is 0 Å². The zero-order valence-corrected chi connectivity index (χ0v) is 8.17. The van der Waals surface area contributed by atoms with Gasteiger partial charge in [0, 0.05) is 13.7 Å². The van der Waals surface area contributed by atoms with E-state index in [1.165, 1.54) is 14.0 Å². The zero-order chi connectivity index (χ0) is 10.4. The molecule has 0 aromatic heterocycles. The Bertz CT molecular complexity index is 128. The molecular weight excluding hydrogens is 176 g/mol. The van der Waals surface area contributed by atoms with Gasteiger partial charge in [0.25, 0.3) is 0 Å². The van der Waals surface area contributed by atoms with E-state index in [1.807, 2.05) is 0 Å². The number of methoxy groups -OCH3 is 1. The minimum atomic E-state index is -1.34. The van der Waals surface area contributed by atoms with Crippen molar-refractivity contribution in [2.75, 3.05) is 13.7 Å². The molecule has 0 aromatic rings. The molecule has 0 heterocycles. The van der Waals surface area contributed by atoms with E-state index >= 15 is 0 Å². The summed E-state index contributed by atoms with van der Waals surface area (Å²) in [6.07, 6.45) is -4.28. The molecule has 0 aliphatic carbocycles. The van der Waals surface area contributed by atoms with Gasteiger partial charge in [0.1, 0.15) is 12.2 Å². The lowest BCUT2D eigenvalue weighted by Crippen LogP contribution is -2.45. The smallest absolute Gasteiger partial charge is 0.183 e. The summed E-state index contributed by atoms with van der Waals surface area (Å²) in [4.78, 5) is 0. The molecule has 0 saturated carbocycles. The lowest BCUT2D eigenvalue weighted by molar-refractivity contribution is -0.199. The number of aliphatic hydroxyl groups excluding tert-OH is 3. The molecule has 3 N–H and O–H groups in total. The summed E-state index contributed by atoms with van der Waals surface area (Å²) in [5, 5.41) is 27.7. The average molecular weight is 194 g/mol. The lowest BCUT2D eigenvalue weighted by atomic mass is 10.1. The Morgan fingerprint density at radius 2 is 1.77 bits per heavy atom. The highest BCUT2D eigenvalue weighted by molar-refractivity contribution is 4.76. The second-order valence-corrected chi connectivity index (χ2v) is 2.78. The van der Waals surface area contributed by atoms with Crippen molar-refractivity contribution >= 4 is 0 Å². The van der Waals surface area contributed by atoms with Crippen LogP contribution in [0.25, 0.3) is 0 Å². The van der Waals surface area contributed by atoms with E-state index in [2.05, 4.69) is 4.74 Å². The van der Waals surface area contributed by atoms with E-state index in [-0.39, 0.29) is 0 Å². The maximum Gasteiger partial charge on any atom is 0.183 e. The van der Waals surface area contributed by atoms with Crippen LogP contribution in [0.1, 0.15) is 13.8 Å². The van der Waals surface area contributed by atoms with Crippen molar-refractivity contribution in [2.45, 2.75) is 38.4 Å². The fraction of sp³-hybridized carbons (Fsp3) is 1.00. The highest BCUT2D eigenvalue weighted by Gasteiger charge is 2.30. The Hall–Kier alpha value is -0.200. The van der Waals surface area contributed by atoms with Crippen LogP contribution in [-0.2, 0) is 9.47 Å². The predicted octanol–water partition coefficient (Wildman–Crippen LogP) is -0.902. The van der Waals surface area contributed by atoms with Gasteiger partial charge in [-0.05, 0) is 13.8 Å². The molecule has 0 spiro atoms. The zero-order valence-electron chi connectivity index (χ0n) is 8.17. The van der Waals surface area contributed by atoms with E-state index in [1.54, 1.807) is 6.92 Å². The van der Waals surface area contributed by atoms with E-state index in [4.69, 9.17) is 9.84 Å². The lowest BCUT2D eigenvalue weighted by Gasteiger charge is -2.27. The standard InChI is InChI=1S/C8H18O5/c1-4-13-7(5(2)9)6(10)8(11)12-3/h5-11H,4H2,1-3H3/t5-,6?,7?,8-/m1/s1. The summed E-state index contributed by atoms with van der Waals surface area (Å²) in [6, 6.07) is 0. The van der Waals surface area contributed by atoms with Gasteiger partial charge in [-0.15, -0.1) is 0 Å².